The second kappa shape index (κ2) is 7.59. The Labute approximate surface area is 168 Å². The zero-order valence-electron chi connectivity index (χ0n) is 16.8. The van der Waals surface area contributed by atoms with Crippen LogP contribution in [0, 0.1) is 13.8 Å². The van der Waals surface area contributed by atoms with Crippen molar-refractivity contribution in [1.82, 2.24) is 4.98 Å². The monoisotopic (exact) mass is 389 g/mol. The predicted octanol–water partition coefficient (Wildman–Crippen LogP) is 6.14. The van der Waals surface area contributed by atoms with Crippen LogP contribution < -0.4 is 4.74 Å². The van der Waals surface area contributed by atoms with Crippen molar-refractivity contribution in [1.29, 1.82) is 0 Å². The first-order chi connectivity index (χ1) is 14.0. The van der Waals surface area contributed by atoms with Crippen LogP contribution in [0.25, 0.3) is 33.3 Å². The van der Waals surface area contributed by atoms with E-state index in [9.17, 15) is 9.90 Å². The molecule has 0 bridgehead atoms. The molecular formula is C24H23NO4. The molecule has 2 aromatic carbocycles. The summed E-state index contributed by atoms with van der Waals surface area (Å²) in [4.78, 5) is 16.8. The van der Waals surface area contributed by atoms with E-state index in [4.69, 9.17) is 14.1 Å². The summed E-state index contributed by atoms with van der Waals surface area (Å²) in [5, 5.41) is 11.4. The van der Waals surface area contributed by atoms with Crippen molar-refractivity contribution in [3.63, 3.8) is 0 Å². The van der Waals surface area contributed by atoms with Gasteiger partial charge in [0.2, 0.25) is 0 Å². The molecule has 0 atom stereocenters. The molecule has 0 aliphatic carbocycles. The van der Waals surface area contributed by atoms with E-state index in [1.165, 1.54) is 0 Å². The first-order valence-electron chi connectivity index (χ1n) is 9.79. The number of carboxylic acids is 1. The van der Waals surface area contributed by atoms with E-state index in [0.29, 0.717) is 34.7 Å². The number of benzene rings is 2. The van der Waals surface area contributed by atoms with Crippen LogP contribution in [0.3, 0.4) is 0 Å². The lowest BCUT2D eigenvalue weighted by molar-refractivity contribution is 0.0699. The maximum atomic E-state index is 12.0. The lowest BCUT2D eigenvalue weighted by Crippen LogP contribution is -2.03. The number of ether oxygens (including phenoxy) is 1. The Balaban J connectivity index is 1.90. The average molecular weight is 389 g/mol. The van der Waals surface area contributed by atoms with Crippen molar-refractivity contribution < 1.29 is 19.1 Å². The molecule has 148 valence electrons. The molecule has 5 heteroatoms. The van der Waals surface area contributed by atoms with Gasteiger partial charge in [-0.05, 0) is 50.1 Å². The number of hydrogen-bond acceptors (Lipinski definition) is 4. The van der Waals surface area contributed by atoms with Crippen LogP contribution in [0.5, 0.6) is 5.75 Å². The number of rotatable bonds is 6. The van der Waals surface area contributed by atoms with Gasteiger partial charge in [-0.2, -0.15) is 0 Å². The summed E-state index contributed by atoms with van der Waals surface area (Å²) in [5.74, 6) is 0.260. The zero-order valence-corrected chi connectivity index (χ0v) is 16.8. The number of aromatic carboxylic acids is 1. The summed E-state index contributed by atoms with van der Waals surface area (Å²) in [6.45, 7) is 6.59. The summed E-state index contributed by atoms with van der Waals surface area (Å²) in [5.41, 5.74) is 3.92. The molecule has 2 heterocycles. The van der Waals surface area contributed by atoms with Crippen molar-refractivity contribution in [3.8, 4) is 17.2 Å². The molecule has 1 N–H and O–H groups in total. The summed E-state index contributed by atoms with van der Waals surface area (Å²) < 4.78 is 11.8. The molecular weight excluding hydrogens is 366 g/mol. The minimum Gasteiger partial charge on any atom is -0.494 e. The topological polar surface area (TPSA) is 72.6 Å². The fourth-order valence-corrected chi connectivity index (χ4v) is 3.60. The quantitative estimate of drug-likeness (QED) is 0.401. The highest BCUT2D eigenvalue weighted by Crippen LogP contribution is 2.35. The molecule has 4 aromatic rings. The van der Waals surface area contributed by atoms with Gasteiger partial charge in [-0.1, -0.05) is 31.5 Å². The molecule has 0 saturated heterocycles. The van der Waals surface area contributed by atoms with Crippen molar-refractivity contribution in [2.75, 3.05) is 6.61 Å². The molecule has 0 aliphatic rings. The number of hydrogen-bond donors (Lipinski definition) is 1. The van der Waals surface area contributed by atoms with Gasteiger partial charge in [0.05, 0.1) is 17.7 Å². The average Bonchev–Trinajstić information content (AvgIpc) is 3.04. The molecule has 0 saturated carbocycles. The number of carbonyl (C=O) groups is 1. The maximum Gasteiger partial charge on any atom is 0.336 e. The molecule has 4 rings (SSSR count). The van der Waals surface area contributed by atoms with Crippen LogP contribution in [0.2, 0.25) is 0 Å². The number of fused-ring (bicyclic) bond motifs is 2. The first kappa shape index (κ1) is 19.0. The third kappa shape index (κ3) is 3.44. The predicted molar refractivity (Wildman–Crippen MR) is 114 cm³/mol. The lowest BCUT2D eigenvalue weighted by Gasteiger charge is -2.12. The Bertz CT molecular complexity index is 1220. The van der Waals surface area contributed by atoms with Crippen LogP contribution in [0.4, 0.5) is 0 Å². The van der Waals surface area contributed by atoms with Crippen LogP contribution in [-0.4, -0.2) is 22.7 Å². The van der Waals surface area contributed by atoms with Gasteiger partial charge in [0.1, 0.15) is 17.0 Å². The Kier molecular flexibility index (Phi) is 4.97. The smallest absolute Gasteiger partial charge is 0.336 e. The van der Waals surface area contributed by atoms with E-state index in [1.54, 1.807) is 12.1 Å². The molecule has 0 aliphatic heterocycles. The van der Waals surface area contributed by atoms with Gasteiger partial charge in [0.25, 0.3) is 0 Å². The number of furan rings is 1. The van der Waals surface area contributed by atoms with E-state index in [-0.39, 0.29) is 5.56 Å². The highest BCUT2D eigenvalue weighted by molar-refractivity contribution is 6.05. The van der Waals surface area contributed by atoms with Gasteiger partial charge in [-0.3, -0.25) is 0 Å². The molecule has 0 radical (unpaired) electrons. The van der Waals surface area contributed by atoms with Crippen LogP contribution in [-0.2, 0) is 0 Å². The summed E-state index contributed by atoms with van der Waals surface area (Å²) in [7, 11) is 0. The summed E-state index contributed by atoms with van der Waals surface area (Å²) >= 11 is 0. The number of para-hydroxylation sites is 1. The van der Waals surface area contributed by atoms with Gasteiger partial charge < -0.3 is 14.3 Å². The second-order valence-electron chi connectivity index (χ2n) is 7.25. The molecule has 0 fully saturated rings. The van der Waals surface area contributed by atoms with Crippen molar-refractivity contribution in [2.24, 2.45) is 0 Å². The maximum absolute atomic E-state index is 12.0. The van der Waals surface area contributed by atoms with Gasteiger partial charge in [-0.25, -0.2) is 9.78 Å². The Hall–Kier alpha value is -3.34. The molecule has 0 spiro atoms. The van der Waals surface area contributed by atoms with Crippen molar-refractivity contribution in [3.05, 3.63) is 59.2 Å². The van der Waals surface area contributed by atoms with Crippen LogP contribution in [0.15, 0.2) is 46.9 Å². The first-order valence-corrected chi connectivity index (χ1v) is 9.79. The van der Waals surface area contributed by atoms with E-state index in [0.717, 1.165) is 34.9 Å². The fourth-order valence-electron chi connectivity index (χ4n) is 3.60. The zero-order chi connectivity index (χ0) is 20.5. The number of aromatic nitrogens is 1. The minimum absolute atomic E-state index is 0.189. The second-order valence-corrected chi connectivity index (χ2v) is 7.25. The standard InChI is InChI=1S/C24H23NO4/c1-4-5-10-28-16-11-14(2)22-18(12-16)19(24(26)27)13-20(25-22)23-15(3)17-8-6-7-9-21(17)29-23/h6-9,11-13H,4-5,10H2,1-3H3,(H,26,27). The molecule has 5 nitrogen and oxygen atoms in total. The SMILES string of the molecule is CCCCOc1cc(C)c2nc(-c3oc4ccccc4c3C)cc(C(=O)O)c2c1. The number of pyridine rings is 1. The van der Waals surface area contributed by atoms with Gasteiger partial charge >= 0.3 is 5.97 Å². The number of unbranched alkanes of at least 4 members (excludes halogenated alkanes) is 1. The third-order valence-corrected chi connectivity index (χ3v) is 5.15. The molecule has 29 heavy (non-hydrogen) atoms. The summed E-state index contributed by atoms with van der Waals surface area (Å²) in [6.07, 6.45) is 1.99. The number of aryl methyl sites for hydroxylation is 2. The minimum atomic E-state index is -1.00. The number of nitrogens with zero attached hydrogens (tertiary/aromatic N) is 1. The molecule has 2 aromatic heterocycles. The van der Waals surface area contributed by atoms with Gasteiger partial charge in [0, 0.05) is 16.3 Å². The van der Waals surface area contributed by atoms with E-state index < -0.39 is 5.97 Å². The number of carboxylic acid groups (broad SMARTS) is 1. The highest BCUT2D eigenvalue weighted by atomic mass is 16.5. The summed E-state index contributed by atoms with van der Waals surface area (Å²) in [6, 6.07) is 13.0. The molecule has 0 unspecified atom stereocenters. The largest absolute Gasteiger partial charge is 0.494 e. The van der Waals surface area contributed by atoms with Crippen molar-refractivity contribution in [2.45, 2.75) is 33.6 Å². The fraction of sp³-hybridized carbons (Fsp3) is 0.250. The van der Waals surface area contributed by atoms with Crippen molar-refractivity contribution >= 4 is 27.8 Å². The van der Waals surface area contributed by atoms with Gasteiger partial charge in [-0.15, -0.1) is 0 Å². The Morgan fingerprint density at radius 3 is 2.66 bits per heavy atom. The highest BCUT2D eigenvalue weighted by Gasteiger charge is 2.19. The Morgan fingerprint density at radius 2 is 1.93 bits per heavy atom. The molecule has 0 amide bonds. The van der Waals surface area contributed by atoms with Crippen LogP contribution >= 0.6 is 0 Å². The Morgan fingerprint density at radius 1 is 1.14 bits per heavy atom. The lowest BCUT2D eigenvalue weighted by atomic mass is 10.0. The van der Waals surface area contributed by atoms with Gasteiger partial charge in [0.15, 0.2) is 5.76 Å². The van der Waals surface area contributed by atoms with E-state index in [1.807, 2.05) is 44.2 Å². The third-order valence-electron chi connectivity index (χ3n) is 5.15. The van der Waals surface area contributed by atoms with E-state index in [2.05, 4.69) is 6.92 Å². The van der Waals surface area contributed by atoms with Crippen LogP contribution in [0.1, 0.15) is 41.3 Å². The van der Waals surface area contributed by atoms with E-state index >= 15 is 0 Å². The normalized spacial score (nSPS) is 11.3.